The molecule has 0 aromatic rings. The molecule has 1 heterocycles. The van der Waals surface area contributed by atoms with Gasteiger partial charge in [-0.3, -0.25) is 4.79 Å². The van der Waals surface area contributed by atoms with Gasteiger partial charge in [-0.1, -0.05) is 13.0 Å². The second-order valence-electron chi connectivity index (χ2n) is 4.60. The van der Waals surface area contributed by atoms with Crippen LogP contribution in [0.15, 0.2) is 12.7 Å². The predicted molar refractivity (Wildman–Crippen MR) is 71.4 cm³/mol. The molecule has 1 aliphatic rings. The molecule has 0 aromatic heterocycles. The van der Waals surface area contributed by atoms with E-state index >= 15 is 0 Å². The van der Waals surface area contributed by atoms with Crippen LogP contribution in [0.5, 0.6) is 0 Å². The molecule has 1 saturated heterocycles. The maximum Gasteiger partial charge on any atom is 0.323 e. The minimum Gasteiger partial charge on any atom is -0.465 e. The zero-order valence-electron chi connectivity index (χ0n) is 11.3. The number of esters is 1. The van der Waals surface area contributed by atoms with Gasteiger partial charge in [0.25, 0.3) is 0 Å². The molecule has 1 fully saturated rings. The van der Waals surface area contributed by atoms with Crippen LogP contribution in [0.4, 0.5) is 0 Å². The normalized spacial score (nSPS) is 20.6. The van der Waals surface area contributed by atoms with Gasteiger partial charge in [-0.2, -0.15) is 0 Å². The Kier molecular flexibility index (Phi) is 7.69. The molecule has 2 atom stereocenters. The third-order valence-electron chi connectivity index (χ3n) is 3.11. The summed E-state index contributed by atoms with van der Waals surface area (Å²) >= 11 is 0. The average molecular weight is 255 g/mol. The molecular formula is C14H25NO3. The Labute approximate surface area is 110 Å². The number of carbonyl (C=O) groups is 1. The van der Waals surface area contributed by atoms with Gasteiger partial charge in [0.05, 0.1) is 12.7 Å². The summed E-state index contributed by atoms with van der Waals surface area (Å²) in [5.41, 5.74) is 0. The van der Waals surface area contributed by atoms with Gasteiger partial charge < -0.3 is 14.8 Å². The first-order valence-electron chi connectivity index (χ1n) is 6.90. The van der Waals surface area contributed by atoms with E-state index in [1.54, 1.807) is 0 Å². The predicted octanol–water partition coefficient (Wildman–Crippen LogP) is 2.04. The van der Waals surface area contributed by atoms with Crippen molar-refractivity contribution >= 4 is 5.97 Å². The molecule has 1 rings (SSSR count). The molecule has 4 nitrogen and oxygen atoms in total. The van der Waals surface area contributed by atoms with Crippen molar-refractivity contribution in [1.29, 1.82) is 0 Å². The summed E-state index contributed by atoms with van der Waals surface area (Å²) < 4.78 is 10.7. The third-order valence-corrected chi connectivity index (χ3v) is 3.11. The molecule has 2 unspecified atom stereocenters. The van der Waals surface area contributed by atoms with Gasteiger partial charge in [-0.25, -0.2) is 0 Å². The minimum absolute atomic E-state index is 0.153. The van der Waals surface area contributed by atoms with Gasteiger partial charge in [-0.05, 0) is 32.1 Å². The van der Waals surface area contributed by atoms with Crippen LogP contribution in [0.2, 0.25) is 0 Å². The van der Waals surface area contributed by atoms with Gasteiger partial charge >= 0.3 is 5.97 Å². The number of allylic oxidation sites excluding steroid dienone is 1. The molecule has 0 aliphatic carbocycles. The fraction of sp³-hybridized carbons (Fsp3) is 0.786. The number of hydrogen-bond donors (Lipinski definition) is 1. The molecule has 18 heavy (non-hydrogen) atoms. The molecular weight excluding hydrogens is 230 g/mol. The van der Waals surface area contributed by atoms with Gasteiger partial charge in [0.2, 0.25) is 0 Å². The van der Waals surface area contributed by atoms with Crippen molar-refractivity contribution in [2.24, 2.45) is 0 Å². The van der Waals surface area contributed by atoms with Crippen molar-refractivity contribution in [2.75, 3.05) is 19.8 Å². The Morgan fingerprint density at radius 1 is 1.67 bits per heavy atom. The summed E-state index contributed by atoms with van der Waals surface area (Å²) in [5, 5.41) is 3.23. The van der Waals surface area contributed by atoms with E-state index in [9.17, 15) is 4.79 Å². The lowest BCUT2D eigenvalue weighted by Crippen LogP contribution is -2.41. The lowest BCUT2D eigenvalue weighted by molar-refractivity contribution is -0.146. The second kappa shape index (κ2) is 9.11. The molecule has 1 aliphatic heterocycles. The van der Waals surface area contributed by atoms with Crippen LogP contribution in [0.3, 0.4) is 0 Å². The first kappa shape index (κ1) is 15.2. The van der Waals surface area contributed by atoms with Crippen LogP contribution in [0.25, 0.3) is 0 Å². The largest absolute Gasteiger partial charge is 0.465 e. The monoisotopic (exact) mass is 255 g/mol. The van der Waals surface area contributed by atoms with Crippen LogP contribution in [0.1, 0.15) is 39.0 Å². The first-order chi connectivity index (χ1) is 8.77. The summed E-state index contributed by atoms with van der Waals surface area (Å²) in [6.45, 7) is 7.67. The number of carbonyl (C=O) groups excluding carboxylic acids is 1. The SMILES string of the molecule is C=CCCCOC(=O)C(CC)NCC1CCCO1. The van der Waals surface area contributed by atoms with Gasteiger partial charge in [0.15, 0.2) is 0 Å². The van der Waals surface area contributed by atoms with E-state index in [-0.39, 0.29) is 18.1 Å². The molecule has 0 saturated carbocycles. The lowest BCUT2D eigenvalue weighted by Gasteiger charge is -2.18. The summed E-state index contributed by atoms with van der Waals surface area (Å²) in [7, 11) is 0. The van der Waals surface area contributed by atoms with Gasteiger partial charge in [0.1, 0.15) is 6.04 Å². The Morgan fingerprint density at radius 2 is 2.50 bits per heavy atom. The second-order valence-corrected chi connectivity index (χ2v) is 4.60. The van der Waals surface area contributed by atoms with Crippen molar-refractivity contribution in [2.45, 2.75) is 51.2 Å². The van der Waals surface area contributed by atoms with E-state index in [0.717, 1.165) is 45.3 Å². The molecule has 0 bridgehead atoms. The van der Waals surface area contributed by atoms with Crippen LogP contribution in [-0.2, 0) is 14.3 Å². The Bertz CT molecular complexity index is 249. The summed E-state index contributed by atoms with van der Waals surface area (Å²) in [6, 6.07) is -0.210. The number of rotatable bonds is 9. The standard InChI is InChI=1S/C14H25NO3/c1-3-5-6-9-18-14(16)13(4-2)15-11-12-8-7-10-17-12/h3,12-13,15H,1,4-11H2,2H3. The minimum atomic E-state index is -0.210. The van der Waals surface area contributed by atoms with E-state index in [2.05, 4.69) is 11.9 Å². The lowest BCUT2D eigenvalue weighted by atomic mass is 10.2. The van der Waals surface area contributed by atoms with Crippen LogP contribution < -0.4 is 5.32 Å². The Morgan fingerprint density at radius 3 is 3.11 bits per heavy atom. The zero-order valence-corrected chi connectivity index (χ0v) is 11.3. The Balaban J connectivity index is 2.17. The average Bonchev–Trinajstić information content (AvgIpc) is 2.88. The number of ether oxygens (including phenoxy) is 2. The number of hydrogen-bond acceptors (Lipinski definition) is 4. The summed E-state index contributed by atoms with van der Waals surface area (Å²) in [6.07, 6.45) is 6.76. The van der Waals surface area contributed by atoms with E-state index in [0.29, 0.717) is 6.61 Å². The fourth-order valence-electron chi connectivity index (χ4n) is 1.97. The van der Waals surface area contributed by atoms with E-state index < -0.39 is 0 Å². The highest BCUT2D eigenvalue weighted by molar-refractivity contribution is 5.75. The summed E-state index contributed by atoms with van der Waals surface area (Å²) in [4.78, 5) is 11.8. The maximum absolute atomic E-state index is 11.8. The van der Waals surface area contributed by atoms with Crippen LogP contribution >= 0.6 is 0 Å². The number of nitrogens with one attached hydrogen (secondary N) is 1. The quantitative estimate of drug-likeness (QED) is 0.389. The van der Waals surface area contributed by atoms with Gasteiger partial charge in [-0.15, -0.1) is 6.58 Å². The maximum atomic E-state index is 11.8. The molecule has 0 spiro atoms. The highest BCUT2D eigenvalue weighted by Crippen LogP contribution is 2.11. The molecule has 1 N–H and O–H groups in total. The highest BCUT2D eigenvalue weighted by atomic mass is 16.5. The fourth-order valence-corrected chi connectivity index (χ4v) is 1.97. The van der Waals surface area contributed by atoms with E-state index in [1.807, 2.05) is 13.0 Å². The third kappa shape index (κ3) is 5.65. The van der Waals surface area contributed by atoms with E-state index in [4.69, 9.17) is 9.47 Å². The summed E-state index contributed by atoms with van der Waals surface area (Å²) in [5.74, 6) is -0.153. The van der Waals surface area contributed by atoms with Crippen molar-refractivity contribution in [3.63, 3.8) is 0 Å². The van der Waals surface area contributed by atoms with Gasteiger partial charge in [0, 0.05) is 13.2 Å². The van der Waals surface area contributed by atoms with Crippen molar-refractivity contribution in [3.8, 4) is 0 Å². The smallest absolute Gasteiger partial charge is 0.323 e. The molecule has 4 heteroatoms. The molecule has 0 amide bonds. The molecule has 0 aromatic carbocycles. The highest BCUT2D eigenvalue weighted by Gasteiger charge is 2.21. The Hall–Kier alpha value is -0.870. The number of unbranched alkanes of at least 4 members (excludes halogenated alkanes) is 1. The van der Waals surface area contributed by atoms with Crippen molar-refractivity contribution in [3.05, 3.63) is 12.7 Å². The van der Waals surface area contributed by atoms with Crippen molar-refractivity contribution in [1.82, 2.24) is 5.32 Å². The topological polar surface area (TPSA) is 47.6 Å². The first-order valence-corrected chi connectivity index (χ1v) is 6.90. The molecule has 104 valence electrons. The van der Waals surface area contributed by atoms with E-state index in [1.165, 1.54) is 0 Å². The van der Waals surface area contributed by atoms with Crippen LogP contribution in [-0.4, -0.2) is 37.9 Å². The van der Waals surface area contributed by atoms with Crippen LogP contribution in [0, 0.1) is 0 Å². The zero-order chi connectivity index (χ0) is 13.2. The van der Waals surface area contributed by atoms with Crippen molar-refractivity contribution < 1.29 is 14.3 Å². The molecule has 0 radical (unpaired) electrons.